The highest BCUT2D eigenvalue weighted by Gasteiger charge is 2.35. The third-order valence-electron chi connectivity index (χ3n) is 4.87. The fourth-order valence-electron chi connectivity index (χ4n) is 3.20. The third-order valence-corrected chi connectivity index (χ3v) is 5.28. The fourth-order valence-corrected chi connectivity index (χ4v) is 3.37. The second-order valence-corrected chi connectivity index (χ2v) is 7.46. The van der Waals surface area contributed by atoms with Gasteiger partial charge in [-0.25, -0.2) is 0 Å². The monoisotopic (exact) mass is 370 g/mol. The van der Waals surface area contributed by atoms with E-state index in [1.54, 1.807) is 11.0 Å². The predicted octanol–water partition coefficient (Wildman–Crippen LogP) is 4.76. The Morgan fingerprint density at radius 2 is 1.88 bits per heavy atom. The van der Waals surface area contributed by atoms with E-state index in [0.717, 1.165) is 16.9 Å². The number of nitrogens with one attached hydrogen (secondary N) is 1. The van der Waals surface area contributed by atoms with Crippen molar-refractivity contribution in [3.63, 3.8) is 0 Å². The minimum Gasteiger partial charge on any atom is -0.326 e. The van der Waals surface area contributed by atoms with Gasteiger partial charge in [0, 0.05) is 29.4 Å². The maximum absolute atomic E-state index is 12.6. The Hall–Kier alpha value is -2.33. The van der Waals surface area contributed by atoms with Crippen LogP contribution in [0.3, 0.4) is 0 Å². The van der Waals surface area contributed by atoms with Crippen LogP contribution < -0.4 is 10.2 Å². The molecule has 26 heavy (non-hydrogen) atoms. The molecule has 0 unspecified atom stereocenters. The van der Waals surface area contributed by atoms with Gasteiger partial charge in [0.15, 0.2) is 0 Å². The lowest BCUT2D eigenvalue weighted by Crippen LogP contribution is -2.28. The quantitative estimate of drug-likeness (QED) is 0.843. The minimum absolute atomic E-state index is 0.0503. The average molecular weight is 371 g/mol. The summed E-state index contributed by atoms with van der Waals surface area (Å²) in [5.74, 6) is -0.101. The van der Waals surface area contributed by atoms with E-state index >= 15 is 0 Å². The van der Waals surface area contributed by atoms with Crippen LogP contribution in [0.1, 0.15) is 37.3 Å². The molecular formula is C21H23ClN2O2. The number of benzene rings is 2. The van der Waals surface area contributed by atoms with Crippen molar-refractivity contribution >= 4 is 34.8 Å². The first-order valence-corrected chi connectivity index (χ1v) is 9.21. The maximum Gasteiger partial charge on any atom is 0.229 e. The van der Waals surface area contributed by atoms with Crippen molar-refractivity contribution < 1.29 is 9.59 Å². The average Bonchev–Trinajstić information content (AvgIpc) is 2.99. The van der Waals surface area contributed by atoms with Crippen LogP contribution in [0.5, 0.6) is 0 Å². The molecule has 0 aromatic heterocycles. The highest BCUT2D eigenvalue weighted by molar-refractivity contribution is 6.31. The molecule has 0 aliphatic carbocycles. The SMILES string of the molecule is Cc1c(Cl)cccc1N1C[C@@H](C(=O)Nc2ccc(C(C)C)cc2)CC1=O. The number of hydrogen-bond acceptors (Lipinski definition) is 2. The molecule has 0 spiro atoms. The van der Waals surface area contributed by atoms with Crippen molar-refractivity contribution in [2.45, 2.75) is 33.1 Å². The zero-order valence-electron chi connectivity index (χ0n) is 15.3. The number of nitrogens with zero attached hydrogens (tertiary/aromatic N) is 1. The molecule has 2 aromatic carbocycles. The van der Waals surface area contributed by atoms with Gasteiger partial charge in [0.25, 0.3) is 0 Å². The summed E-state index contributed by atoms with van der Waals surface area (Å²) in [6.45, 7) is 6.51. The maximum atomic E-state index is 12.6. The van der Waals surface area contributed by atoms with Gasteiger partial charge in [0.05, 0.1) is 5.92 Å². The van der Waals surface area contributed by atoms with Gasteiger partial charge in [0.2, 0.25) is 11.8 Å². The summed E-state index contributed by atoms with van der Waals surface area (Å²) in [4.78, 5) is 26.7. The summed E-state index contributed by atoms with van der Waals surface area (Å²) < 4.78 is 0. The molecule has 2 aromatic rings. The van der Waals surface area contributed by atoms with Crippen molar-refractivity contribution in [3.8, 4) is 0 Å². The Morgan fingerprint density at radius 1 is 1.19 bits per heavy atom. The largest absolute Gasteiger partial charge is 0.326 e. The Balaban J connectivity index is 1.70. The highest BCUT2D eigenvalue weighted by atomic mass is 35.5. The number of amides is 2. The van der Waals surface area contributed by atoms with E-state index in [9.17, 15) is 9.59 Å². The van der Waals surface area contributed by atoms with Gasteiger partial charge >= 0.3 is 0 Å². The zero-order chi connectivity index (χ0) is 18.8. The molecule has 1 saturated heterocycles. The standard InChI is InChI=1S/C21H23ClN2O2/c1-13(2)15-7-9-17(10-8-15)23-21(26)16-11-20(25)24(12-16)19-6-4-5-18(22)14(19)3/h4-10,13,16H,11-12H2,1-3H3,(H,23,26)/t16-/m0/s1. The van der Waals surface area contributed by atoms with E-state index in [4.69, 9.17) is 11.6 Å². The normalized spacial score (nSPS) is 17.0. The van der Waals surface area contributed by atoms with Crippen LogP contribution in [0.4, 0.5) is 11.4 Å². The second-order valence-electron chi connectivity index (χ2n) is 7.06. The van der Waals surface area contributed by atoms with Gasteiger partial charge in [-0.2, -0.15) is 0 Å². The lowest BCUT2D eigenvalue weighted by Gasteiger charge is -2.19. The van der Waals surface area contributed by atoms with E-state index in [0.29, 0.717) is 17.5 Å². The van der Waals surface area contributed by atoms with E-state index in [1.165, 1.54) is 5.56 Å². The van der Waals surface area contributed by atoms with Crippen LogP contribution in [0.25, 0.3) is 0 Å². The molecule has 5 heteroatoms. The Morgan fingerprint density at radius 3 is 2.54 bits per heavy atom. The topological polar surface area (TPSA) is 49.4 Å². The summed E-state index contributed by atoms with van der Waals surface area (Å²) in [7, 11) is 0. The molecule has 2 amide bonds. The van der Waals surface area contributed by atoms with Crippen LogP contribution in [0, 0.1) is 12.8 Å². The van der Waals surface area contributed by atoms with E-state index in [1.807, 2.05) is 43.3 Å². The van der Waals surface area contributed by atoms with Gasteiger partial charge in [-0.3, -0.25) is 9.59 Å². The molecule has 0 radical (unpaired) electrons. The Kier molecular flexibility index (Phi) is 5.33. The predicted molar refractivity (Wildman–Crippen MR) is 106 cm³/mol. The minimum atomic E-state index is -0.370. The molecule has 1 heterocycles. The van der Waals surface area contributed by atoms with Gasteiger partial charge in [-0.1, -0.05) is 43.6 Å². The first-order valence-electron chi connectivity index (χ1n) is 8.83. The molecule has 1 fully saturated rings. The third kappa shape index (κ3) is 3.75. The number of rotatable bonds is 4. The van der Waals surface area contributed by atoms with Crippen LogP contribution in [0.15, 0.2) is 42.5 Å². The van der Waals surface area contributed by atoms with Crippen molar-refractivity contribution in [2.24, 2.45) is 5.92 Å². The fraction of sp³-hybridized carbons (Fsp3) is 0.333. The summed E-state index contributed by atoms with van der Waals surface area (Å²) >= 11 is 6.16. The van der Waals surface area contributed by atoms with Crippen LogP contribution in [0.2, 0.25) is 5.02 Å². The first-order chi connectivity index (χ1) is 12.4. The molecule has 1 N–H and O–H groups in total. The van der Waals surface area contributed by atoms with E-state index in [-0.39, 0.29) is 24.2 Å². The van der Waals surface area contributed by atoms with Crippen molar-refractivity contribution in [3.05, 3.63) is 58.6 Å². The van der Waals surface area contributed by atoms with E-state index in [2.05, 4.69) is 19.2 Å². The molecule has 1 aliphatic heterocycles. The number of hydrogen-bond donors (Lipinski definition) is 1. The lowest BCUT2D eigenvalue weighted by molar-refractivity contribution is -0.122. The Bertz CT molecular complexity index is 830. The van der Waals surface area contributed by atoms with Crippen molar-refractivity contribution in [1.29, 1.82) is 0 Å². The number of carbonyl (C=O) groups excluding carboxylic acids is 2. The summed E-state index contributed by atoms with van der Waals surface area (Å²) in [5, 5.41) is 3.54. The highest BCUT2D eigenvalue weighted by Crippen LogP contribution is 2.31. The Labute approximate surface area is 159 Å². The number of anilines is 2. The van der Waals surface area contributed by atoms with Gasteiger partial charge < -0.3 is 10.2 Å². The summed E-state index contributed by atoms with van der Waals surface area (Å²) in [5.41, 5.74) is 3.61. The van der Waals surface area contributed by atoms with Gasteiger partial charge in [-0.15, -0.1) is 0 Å². The van der Waals surface area contributed by atoms with Gasteiger partial charge in [-0.05, 0) is 48.2 Å². The molecule has 4 nitrogen and oxygen atoms in total. The first kappa shape index (κ1) is 18.5. The zero-order valence-corrected chi connectivity index (χ0v) is 16.0. The van der Waals surface area contributed by atoms with Crippen molar-refractivity contribution in [2.75, 3.05) is 16.8 Å². The van der Waals surface area contributed by atoms with Crippen LogP contribution >= 0.6 is 11.6 Å². The summed E-state index contributed by atoms with van der Waals surface area (Å²) in [6.07, 6.45) is 0.210. The lowest BCUT2D eigenvalue weighted by atomic mass is 10.0. The molecule has 0 saturated carbocycles. The number of halogens is 1. The number of carbonyl (C=O) groups is 2. The molecule has 3 rings (SSSR count). The molecule has 1 aliphatic rings. The van der Waals surface area contributed by atoms with E-state index < -0.39 is 0 Å². The van der Waals surface area contributed by atoms with Crippen molar-refractivity contribution in [1.82, 2.24) is 0 Å². The molecule has 1 atom stereocenters. The van der Waals surface area contributed by atoms with Crippen LogP contribution in [-0.2, 0) is 9.59 Å². The second kappa shape index (κ2) is 7.50. The smallest absolute Gasteiger partial charge is 0.229 e. The molecule has 0 bridgehead atoms. The summed E-state index contributed by atoms with van der Waals surface area (Å²) in [6, 6.07) is 13.3. The molecule has 136 valence electrons. The van der Waals surface area contributed by atoms with Gasteiger partial charge in [0.1, 0.15) is 0 Å². The van der Waals surface area contributed by atoms with Crippen LogP contribution in [-0.4, -0.2) is 18.4 Å². The molecular weight excluding hydrogens is 348 g/mol.